The first-order chi connectivity index (χ1) is 9.11. The molecule has 1 heterocycles. The molecular weight excluding hydrogens is 252 g/mol. The number of hydrogen-bond donors (Lipinski definition) is 1. The van der Waals surface area contributed by atoms with E-state index in [-0.39, 0.29) is 5.54 Å². The van der Waals surface area contributed by atoms with E-state index in [4.69, 9.17) is 4.98 Å². The Bertz CT molecular complexity index is 397. The standard InChI is InChI=1S/C16H28N2S/c1-5-11-17-16(9-7-12(3)8-10-16)15-18-14(6-2)13(4)19-15/h12,17H,5-11H2,1-4H3. The normalized spacial score (nSPS) is 27.7. The van der Waals surface area contributed by atoms with Gasteiger partial charge in [0, 0.05) is 4.88 Å². The second-order valence-electron chi connectivity index (χ2n) is 6.07. The van der Waals surface area contributed by atoms with Gasteiger partial charge in [-0.1, -0.05) is 20.8 Å². The van der Waals surface area contributed by atoms with E-state index in [0.29, 0.717) is 0 Å². The van der Waals surface area contributed by atoms with Gasteiger partial charge < -0.3 is 5.32 Å². The SMILES string of the molecule is CCCNC1(c2nc(CC)c(C)s2)CCC(C)CC1. The van der Waals surface area contributed by atoms with Gasteiger partial charge in [0.25, 0.3) is 0 Å². The zero-order chi connectivity index (χ0) is 13.9. The van der Waals surface area contributed by atoms with Crippen molar-refractivity contribution in [2.24, 2.45) is 5.92 Å². The average molecular weight is 280 g/mol. The van der Waals surface area contributed by atoms with Crippen LogP contribution in [0.1, 0.15) is 68.5 Å². The number of thiazole rings is 1. The lowest BCUT2D eigenvalue weighted by molar-refractivity contribution is 0.196. The molecule has 2 rings (SSSR count). The van der Waals surface area contributed by atoms with Gasteiger partial charge in [-0.2, -0.15) is 0 Å². The Kier molecular flexibility index (Phi) is 5.02. The van der Waals surface area contributed by atoms with Gasteiger partial charge in [-0.15, -0.1) is 11.3 Å². The Balaban J connectivity index is 2.25. The van der Waals surface area contributed by atoms with Crippen molar-refractivity contribution in [3.8, 4) is 0 Å². The topological polar surface area (TPSA) is 24.9 Å². The first kappa shape index (κ1) is 15.0. The molecule has 0 radical (unpaired) electrons. The maximum atomic E-state index is 4.96. The number of aryl methyl sites for hydroxylation is 2. The van der Waals surface area contributed by atoms with Crippen LogP contribution in [0.15, 0.2) is 0 Å². The molecule has 1 fully saturated rings. The van der Waals surface area contributed by atoms with Gasteiger partial charge in [-0.05, 0) is 57.9 Å². The van der Waals surface area contributed by atoms with E-state index in [0.717, 1.165) is 18.9 Å². The predicted molar refractivity (Wildman–Crippen MR) is 83.8 cm³/mol. The molecule has 0 aromatic carbocycles. The molecule has 108 valence electrons. The molecular formula is C16H28N2S. The highest BCUT2D eigenvalue weighted by molar-refractivity contribution is 7.11. The summed E-state index contributed by atoms with van der Waals surface area (Å²) in [7, 11) is 0. The highest BCUT2D eigenvalue weighted by Crippen LogP contribution is 2.41. The van der Waals surface area contributed by atoms with Gasteiger partial charge in [0.2, 0.25) is 0 Å². The first-order valence-corrected chi connectivity index (χ1v) is 8.64. The third-order valence-electron chi connectivity index (χ3n) is 4.48. The van der Waals surface area contributed by atoms with Crippen molar-refractivity contribution in [2.45, 2.75) is 71.8 Å². The summed E-state index contributed by atoms with van der Waals surface area (Å²) in [6.07, 6.45) is 7.42. The Morgan fingerprint density at radius 3 is 2.53 bits per heavy atom. The summed E-state index contributed by atoms with van der Waals surface area (Å²) in [5, 5.41) is 5.18. The van der Waals surface area contributed by atoms with Gasteiger partial charge in [-0.3, -0.25) is 0 Å². The van der Waals surface area contributed by atoms with Crippen molar-refractivity contribution in [1.82, 2.24) is 10.3 Å². The van der Waals surface area contributed by atoms with Gasteiger partial charge in [-0.25, -0.2) is 4.98 Å². The summed E-state index contributed by atoms with van der Waals surface area (Å²) >= 11 is 1.92. The molecule has 19 heavy (non-hydrogen) atoms. The molecule has 1 aromatic heterocycles. The molecule has 3 heteroatoms. The number of hydrogen-bond acceptors (Lipinski definition) is 3. The summed E-state index contributed by atoms with van der Waals surface area (Å²) in [5.41, 5.74) is 1.47. The Morgan fingerprint density at radius 1 is 1.32 bits per heavy atom. The van der Waals surface area contributed by atoms with Crippen molar-refractivity contribution in [1.29, 1.82) is 0 Å². The van der Waals surface area contributed by atoms with E-state index in [9.17, 15) is 0 Å². The molecule has 0 atom stereocenters. The maximum absolute atomic E-state index is 4.96. The molecule has 0 spiro atoms. The highest BCUT2D eigenvalue weighted by atomic mass is 32.1. The summed E-state index contributed by atoms with van der Waals surface area (Å²) in [6.45, 7) is 10.2. The Hall–Kier alpha value is -0.410. The fraction of sp³-hybridized carbons (Fsp3) is 0.812. The van der Waals surface area contributed by atoms with Crippen molar-refractivity contribution in [3.05, 3.63) is 15.6 Å². The first-order valence-electron chi connectivity index (χ1n) is 7.83. The maximum Gasteiger partial charge on any atom is 0.113 e. The molecule has 2 nitrogen and oxygen atoms in total. The van der Waals surface area contributed by atoms with Crippen LogP contribution in [0.2, 0.25) is 0 Å². The quantitative estimate of drug-likeness (QED) is 0.863. The van der Waals surface area contributed by atoms with E-state index >= 15 is 0 Å². The van der Waals surface area contributed by atoms with E-state index in [1.165, 1.54) is 47.7 Å². The fourth-order valence-electron chi connectivity index (χ4n) is 3.05. The summed E-state index contributed by atoms with van der Waals surface area (Å²) in [4.78, 5) is 6.37. The van der Waals surface area contributed by atoms with E-state index < -0.39 is 0 Å². The van der Waals surface area contributed by atoms with Crippen molar-refractivity contribution < 1.29 is 0 Å². The van der Waals surface area contributed by atoms with Crippen molar-refractivity contribution in [3.63, 3.8) is 0 Å². The molecule has 1 aromatic rings. The molecule has 1 aliphatic carbocycles. The molecule has 1 N–H and O–H groups in total. The third-order valence-corrected chi connectivity index (χ3v) is 5.70. The van der Waals surface area contributed by atoms with Crippen LogP contribution in [0.5, 0.6) is 0 Å². The fourth-order valence-corrected chi connectivity index (χ4v) is 4.27. The van der Waals surface area contributed by atoms with Crippen LogP contribution in [0, 0.1) is 12.8 Å². The lowest BCUT2D eigenvalue weighted by atomic mass is 9.77. The summed E-state index contributed by atoms with van der Waals surface area (Å²) in [5.74, 6) is 0.878. The van der Waals surface area contributed by atoms with Crippen molar-refractivity contribution in [2.75, 3.05) is 6.54 Å². The monoisotopic (exact) mass is 280 g/mol. The smallest absolute Gasteiger partial charge is 0.113 e. The highest BCUT2D eigenvalue weighted by Gasteiger charge is 2.38. The number of rotatable bonds is 5. The number of nitrogens with one attached hydrogen (secondary N) is 1. The zero-order valence-electron chi connectivity index (χ0n) is 12.9. The lowest BCUT2D eigenvalue weighted by Crippen LogP contribution is -2.45. The Morgan fingerprint density at radius 2 is 2.00 bits per heavy atom. The minimum Gasteiger partial charge on any atom is -0.305 e. The van der Waals surface area contributed by atoms with Crippen LogP contribution in [0.25, 0.3) is 0 Å². The molecule has 0 bridgehead atoms. The van der Waals surface area contributed by atoms with Crippen LogP contribution in [-0.2, 0) is 12.0 Å². The average Bonchev–Trinajstić information content (AvgIpc) is 2.80. The summed E-state index contributed by atoms with van der Waals surface area (Å²) < 4.78 is 0. The van der Waals surface area contributed by atoms with Crippen LogP contribution in [0.4, 0.5) is 0 Å². The van der Waals surface area contributed by atoms with E-state index in [1.807, 2.05) is 11.3 Å². The molecule has 0 amide bonds. The van der Waals surface area contributed by atoms with Gasteiger partial charge in [0.05, 0.1) is 11.2 Å². The minimum atomic E-state index is 0.172. The molecule has 0 aliphatic heterocycles. The van der Waals surface area contributed by atoms with Crippen LogP contribution < -0.4 is 5.32 Å². The second kappa shape index (κ2) is 6.36. The number of aromatic nitrogens is 1. The van der Waals surface area contributed by atoms with Crippen LogP contribution in [-0.4, -0.2) is 11.5 Å². The van der Waals surface area contributed by atoms with Crippen LogP contribution in [0.3, 0.4) is 0 Å². The van der Waals surface area contributed by atoms with E-state index in [2.05, 4.69) is 33.0 Å². The number of nitrogens with zero attached hydrogens (tertiary/aromatic N) is 1. The second-order valence-corrected chi connectivity index (χ2v) is 7.27. The molecule has 1 saturated carbocycles. The van der Waals surface area contributed by atoms with Gasteiger partial charge in [0.15, 0.2) is 0 Å². The third kappa shape index (κ3) is 3.19. The predicted octanol–water partition coefficient (Wildman–Crippen LogP) is 4.42. The van der Waals surface area contributed by atoms with Crippen molar-refractivity contribution >= 4 is 11.3 Å². The van der Waals surface area contributed by atoms with E-state index in [1.54, 1.807) is 0 Å². The summed E-state index contributed by atoms with van der Waals surface area (Å²) in [6, 6.07) is 0. The van der Waals surface area contributed by atoms with Gasteiger partial charge in [0.1, 0.15) is 5.01 Å². The molecule has 0 saturated heterocycles. The van der Waals surface area contributed by atoms with Crippen LogP contribution >= 0.6 is 11.3 Å². The minimum absolute atomic E-state index is 0.172. The largest absolute Gasteiger partial charge is 0.305 e. The Labute approximate surface area is 122 Å². The molecule has 1 aliphatic rings. The van der Waals surface area contributed by atoms with Gasteiger partial charge >= 0.3 is 0 Å². The lowest BCUT2D eigenvalue weighted by Gasteiger charge is -2.39. The molecule has 0 unspecified atom stereocenters. The zero-order valence-corrected chi connectivity index (χ0v) is 13.7.